The van der Waals surface area contributed by atoms with Crippen LogP contribution in [-0.2, 0) is 16.2 Å². The summed E-state index contributed by atoms with van der Waals surface area (Å²) in [5, 5.41) is 11.4. The van der Waals surface area contributed by atoms with E-state index in [1.54, 1.807) is 42.5 Å². The summed E-state index contributed by atoms with van der Waals surface area (Å²) in [4.78, 5) is 29.9. The van der Waals surface area contributed by atoms with Crippen molar-refractivity contribution in [3.8, 4) is 17.2 Å². The molecule has 0 saturated carbocycles. The second-order valence-corrected chi connectivity index (χ2v) is 9.65. The molecule has 8 heteroatoms. The van der Waals surface area contributed by atoms with Gasteiger partial charge in [0.2, 0.25) is 0 Å². The van der Waals surface area contributed by atoms with E-state index in [0.717, 1.165) is 11.1 Å². The molecule has 0 bridgehead atoms. The number of Topliss-reactive ketones (excluding diaryl/α,β-unsaturated/α-hetero) is 1. The number of likely N-dealkylation sites (tertiary alicyclic amines) is 1. The summed E-state index contributed by atoms with van der Waals surface area (Å²) < 4.78 is 16.7. The van der Waals surface area contributed by atoms with Crippen molar-refractivity contribution in [2.45, 2.75) is 19.6 Å². The first-order valence-corrected chi connectivity index (χ1v) is 12.7. The lowest BCUT2D eigenvalue weighted by Gasteiger charge is -2.27. The van der Waals surface area contributed by atoms with Gasteiger partial charge in [-0.25, -0.2) is 0 Å². The van der Waals surface area contributed by atoms with Gasteiger partial charge in [-0.2, -0.15) is 0 Å². The maximum atomic E-state index is 13.3. The fourth-order valence-electron chi connectivity index (χ4n) is 4.59. The third kappa shape index (κ3) is 5.91. The predicted molar refractivity (Wildman–Crippen MR) is 149 cm³/mol. The Hall–Kier alpha value is -4.30. The van der Waals surface area contributed by atoms with Gasteiger partial charge in [-0.1, -0.05) is 30.3 Å². The maximum absolute atomic E-state index is 13.3. The molecule has 4 rings (SSSR count). The van der Waals surface area contributed by atoms with Crippen LogP contribution in [0.25, 0.3) is 5.76 Å². The van der Waals surface area contributed by atoms with E-state index in [1.165, 1.54) is 19.1 Å². The molecule has 1 atom stereocenters. The number of aliphatic hydroxyl groups excluding tert-OH is 1. The highest BCUT2D eigenvalue weighted by Crippen LogP contribution is 2.42. The molecule has 1 aliphatic rings. The summed E-state index contributed by atoms with van der Waals surface area (Å²) in [5.74, 6) is -0.0259. The van der Waals surface area contributed by atoms with Crippen molar-refractivity contribution in [2.75, 3.05) is 41.4 Å². The zero-order valence-electron chi connectivity index (χ0n) is 22.9. The Morgan fingerprint density at radius 3 is 2.28 bits per heavy atom. The van der Waals surface area contributed by atoms with E-state index in [-0.39, 0.29) is 11.3 Å². The standard InChI is InChI=1S/C31H34N2O6/c1-20-8-6-7-9-23(20)19-39-24-13-10-21(11-14-24)29(34)27-28(22-12-15-25(37-4)26(18-22)38-5)33(17-16-32(2)3)31(36)30(27)35/h6-15,18,28,34H,16-17,19H2,1-5H3/b29-27+/t28-/m1/s1. The number of ether oxygens (including phenoxy) is 3. The van der Waals surface area contributed by atoms with Gasteiger partial charge in [-0.15, -0.1) is 0 Å². The van der Waals surface area contributed by atoms with Crippen LogP contribution in [0.4, 0.5) is 0 Å². The molecule has 204 valence electrons. The van der Waals surface area contributed by atoms with Crippen LogP contribution in [-0.4, -0.2) is 68.0 Å². The van der Waals surface area contributed by atoms with E-state index in [1.807, 2.05) is 50.2 Å². The molecule has 1 heterocycles. The van der Waals surface area contributed by atoms with Crippen molar-refractivity contribution in [1.82, 2.24) is 9.80 Å². The van der Waals surface area contributed by atoms with Crippen LogP contribution >= 0.6 is 0 Å². The fraction of sp³-hybridized carbons (Fsp3) is 0.290. The number of methoxy groups -OCH3 is 2. The monoisotopic (exact) mass is 530 g/mol. The van der Waals surface area contributed by atoms with E-state index in [2.05, 4.69) is 0 Å². The number of carbonyl (C=O) groups is 2. The summed E-state index contributed by atoms with van der Waals surface area (Å²) in [7, 11) is 6.85. The Morgan fingerprint density at radius 1 is 0.949 bits per heavy atom. The number of aliphatic hydroxyl groups is 1. The van der Waals surface area contributed by atoms with Crippen molar-refractivity contribution >= 4 is 17.4 Å². The number of benzene rings is 3. The average molecular weight is 531 g/mol. The van der Waals surface area contributed by atoms with Crippen molar-refractivity contribution in [2.24, 2.45) is 0 Å². The number of aryl methyl sites for hydroxylation is 1. The number of hydrogen-bond donors (Lipinski definition) is 1. The molecule has 1 saturated heterocycles. The minimum Gasteiger partial charge on any atom is -0.507 e. The van der Waals surface area contributed by atoms with Gasteiger partial charge in [0.25, 0.3) is 11.7 Å². The molecule has 0 aliphatic carbocycles. The number of amides is 1. The van der Waals surface area contributed by atoms with E-state index < -0.39 is 17.7 Å². The van der Waals surface area contributed by atoms with Crippen LogP contribution in [0.5, 0.6) is 17.2 Å². The van der Waals surface area contributed by atoms with Gasteiger partial charge in [0.1, 0.15) is 18.1 Å². The van der Waals surface area contributed by atoms with E-state index in [9.17, 15) is 14.7 Å². The first-order chi connectivity index (χ1) is 18.7. The lowest BCUT2D eigenvalue weighted by atomic mass is 9.95. The maximum Gasteiger partial charge on any atom is 0.295 e. The van der Waals surface area contributed by atoms with Crippen molar-refractivity contribution in [3.63, 3.8) is 0 Å². The van der Waals surface area contributed by atoms with E-state index in [0.29, 0.717) is 48.1 Å². The van der Waals surface area contributed by atoms with E-state index in [4.69, 9.17) is 14.2 Å². The predicted octanol–water partition coefficient (Wildman–Crippen LogP) is 4.57. The molecule has 3 aromatic carbocycles. The van der Waals surface area contributed by atoms with Crippen LogP contribution in [0.15, 0.2) is 72.3 Å². The highest BCUT2D eigenvalue weighted by atomic mass is 16.5. The molecule has 0 aromatic heterocycles. The zero-order chi connectivity index (χ0) is 28.1. The minimum absolute atomic E-state index is 0.0274. The van der Waals surface area contributed by atoms with Crippen LogP contribution in [0, 0.1) is 6.92 Å². The van der Waals surface area contributed by atoms with Crippen LogP contribution in [0.2, 0.25) is 0 Å². The van der Waals surface area contributed by atoms with Gasteiger partial charge in [0.05, 0.1) is 25.8 Å². The highest BCUT2D eigenvalue weighted by Gasteiger charge is 2.46. The zero-order valence-corrected chi connectivity index (χ0v) is 22.9. The van der Waals surface area contributed by atoms with Crippen molar-refractivity contribution in [1.29, 1.82) is 0 Å². The van der Waals surface area contributed by atoms with Crippen molar-refractivity contribution < 1.29 is 28.9 Å². The Labute approximate surface area is 229 Å². The summed E-state index contributed by atoms with van der Waals surface area (Å²) >= 11 is 0. The Bertz CT molecular complexity index is 1380. The van der Waals surface area contributed by atoms with Crippen LogP contribution in [0.3, 0.4) is 0 Å². The molecule has 0 radical (unpaired) electrons. The Morgan fingerprint density at radius 2 is 1.64 bits per heavy atom. The van der Waals surface area contributed by atoms with Gasteiger partial charge in [-0.3, -0.25) is 9.59 Å². The molecule has 8 nitrogen and oxygen atoms in total. The quantitative estimate of drug-likeness (QED) is 0.233. The normalized spacial score (nSPS) is 16.6. The molecule has 1 fully saturated rings. The molecule has 1 amide bonds. The van der Waals surface area contributed by atoms with Gasteiger partial charge in [-0.05, 0) is 74.1 Å². The largest absolute Gasteiger partial charge is 0.507 e. The summed E-state index contributed by atoms with van der Waals surface area (Å²) in [6.07, 6.45) is 0. The third-order valence-corrected chi connectivity index (χ3v) is 6.83. The van der Waals surface area contributed by atoms with Gasteiger partial charge in [0.15, 0.2) is 11.5 Å². The van der Waals surface area contributed by atoms with Gasteiger partial charge in [0, 0.05) is 18.7 Å². The first kappa shape index (κ1) is 27.7. The molecule has 3 aromatic rings. The molecular weight excluding hydrogens is 496 g/mol. The van der Waals surface area contributed by atoms with Crippen LogP contribution in [0.1, 0.15) is 28.3 Å². The topological polar surface area (TPSA) is 88.5 Å². The molecule has 0 unspecified atom stereocenters. The van der Waals surface area contributed by atoms with Crippen molar-refractivity contribution in [3.05, 3.63) is 94.6 Å². The smallest absolute Gasteiger partial charge is 0.295 e. The number of hydrogen-bond acceptors (Lipinski definition) is 7. The SMILES string of the molecule is COc1ccc([C@@H]2/C(=C(\O)c3ccc(OCc4ccccc4C)cc3)C(=O)C(=O)N2CCN(C)C)cc1OC. The van der Waals surface area contributed by atoms with Gasteiger partial charge >= 0.3 is 0 Å². The third-order valence-electron chi connectivity index (χ3n) is 6.83. The highest BCUT2D eigenvalue weighted by molar-refractivity contribution is 6.46. The second-order valence-electron chi connectivity index (χ2n) is 9.65. The molecule has 1 N–H and O–H groups in total. The lowest BCUT2D eigenvalue weighted by Crippen LogP contribution is -2.35. The Kier molecular flexibility index (Phi) is 8.56. The van der Waals surface area contributed by atoms with Crippen LogP contribution < -0.4 is 14.2 Å². The molecular formula is C31H34N2O6. The minimum atomic E-state index is -0.790. The summed E-state index contributed by atoms with van der Waals surface area (Å²) in [6.45, 7) is 3.29. The number of likely N-dealkylation sites (N-methyl/N-ethyl adjacent to an activating group) is 1. The average Bonchev–Trinajstić information content (AvgIpc) is 3.20. The first-order valence-electron chi connectivity index (χ1n) is 12.7. The number of carbonyl (C=O) groups excluding carboxylic acids is 2. The number of ketones is 1. The second kappa shape index (κ2) is 12.0. The molecule has 39 heavy (non-hydrogen) atoms. The number of rotatable bonds is 10. The number of nitrogens with zero attached hydrogens (tertiary/aromatic N) is 2. The molecule has 0 spiro atoms. The van der Waals surface area contributed by atoms with E-state index >= 15 is 0 Å². The molecule has 1 aliphatic heterocycles. The summed E-state index contributed by atoms with van der Waals surface area (Å²) in [6, 6.07) is 19.3. The van der Waals surface area contributed by atoms with Gasteiger partial charge < -0.3 is 29.1 Å². The lowest BCUT2D eigenvalue weighted by molar-refractivity contribution is -0.140. The Balaban J connectivity index is 1.69. The summed E-state index contributed by atoms with van der Waals surface area (Å²) in [5.41, 5.74) is 3.29. The fourth-order valence-corrected chi connectivity index (χ4v) is 4.59.